The number of pyridine rings is 1. The van der Waals surface area contributed by atoms with Crippen LogP contribution in [-0.2, 0) is 0 Å². The number of nitrogens with zero attached hydrogens (tertiary/aromatic N) is 1. The Hall–Kier alpha value is -1.09. The minimum atomic E-state index is 0.0762. The van der Waals surface area contributed by atoms with Gasteiger partial charge in [-0.3, -0.25) is 4.79 Å². The zero-order valence-corrected chi connectivity index (χ0v) is 14.8. The van der Waals surface area contributed by atoms with Crippen molar-refractivity contribution < 1.29 is 4.79 Å². The Morgan fingerprint density at radius 1 is 1.04 bits per heavy atom. The molecule has 4 heteroatoms. The second-order valence-electron chi connectivity index (χ2n) is 8.60. The number of halogens is 1. The van der Waals surface area contributed by atoms with E-state index in [1.807, 2.05) is 6.07 Å². The van der Waals surface area contributed by atoms with Gasteiger partial charge in [-0.05, 0) is 87.2 Å². The number of hydrogen-bond donors (Lipinski definition) is 1. The number of aromatic nitrogens is 1. The fraction of sp³-hybridized carbons (Fsp3) is 0.700. The molecule has 3 nitrogen and oxygen atoms in total. The summed E-state index contributed by atoms with van der Waals surface area (Å²) < 4.78 is 0. The summed E-state index contributed by atoms with van der Waals surface area (Å²) in [6, 6.07) is 3.99. The van der Waals surface area contributed by atoms with Crippen LogP contribution in [0.25, 0.3) is 0 Å². The maximum absolute atomic E-state index is 13.0. The molecule has 0 aromatic carbocycles. The van der Waals surface area contributed by atoms with E-state index in [9.17, 15) is 4.79 Å². The molecule has 4 fully saturated rings. The number of hydrogen-bond acceptors (Lipinski definition) is 2. The molecule has 128 valence electrons. The van der Waals surface area contributed by atoms with E-state index in [2.05, 4.69) is 10.3 Å². The molecule has 5 rings (SSSR count). The molecule has 5 atom stereocenters. The predicted octanol–water partition coefficient (Wildman–Crippen LogP) is 4.56. The predicted molar refractivity (Wildman–Crippen MR) is 94.1 cm³/mol. The van der Waals surface area contributed by atoms with E-state index in [1.165, 1.54) is 32.1 Å². The van der Waals surface area contributed by atoms with Gasteiger partial charge >= 0.3 is 0 Å². The quantitative estimate of drug-likeness (QED) is 0.817. The molecule has 1 aromatic rings. The van der Waals surface area contributed by atoms with Gasteiger partial charge in [0.25, 0.3) is 5.91 Å². The Balaban J connectivity index is 1.37. The standard InChI is InChI=1S/C20H25ClN2O/c21-18-6-4-15(19(23-18)13-2-3-13)20(24)22-17-5-1-11-7-12-9-14(8-11)16(17)10-12/h4,6,11-14,16-17H,1-3,5,7-10H2,(H,22,24). The van der Waals surface area contributed by atoms with E-state index < -0.39 is 0 Å². The fourth-order valence-corrected chi connectivity index (χ4v) is 5.98. The number of carbonyl (C=O) groups excluding carboxylic acids is 1. The smallest absolute Gasteiger partial charge is 0.253 e. The Kier molecular flexibility index (Phi) is 3.62. The Bertz CT molecular complexity index is 672. The van der Waals surface area contributed by atoms with Gasteiger partial charge in [-0.1, -0.05) is 11.6 Å². The van der Waals surface area contributed by atoms with Crippen LogP contribution in [0, 0.1) is 23.7 Å². The van der Waals surface area contributed by atoms with E-state index in [0.717, 1.165) is 48.3 Å². The lowest BCUT2D eigenvalue weighted by Crippen LogP contribution is -2.41. The second kappa shape index (κ2) is 5.72. The van der Waals surface area contributed by atoms with Crippen molar-refractivity contribution in [3.8, 4) is 0 Å². The van der Waals surface area contributed by atoms with Crippen molar-refractivity contribution in [2.24, 2.45) is 23.7 Å². The molecular formula is C20H25ClN2O. The molecule has 4 aliphatic carbocycles. The average molecular weight is 345 g/mol. The lowest BCUT2D eigenvalue weighted by Gasteiger charge is -2.27. The SMILES string of the molecule is O=C(NC1CCC2CC3CC(C2)C1C3)c1ccc(Cl)nc1C1CC1. The molecule has 0 spiro atoms. The maximum Gasteiger partial charge on any atom is 0.253 e. The first kappa shape index (κ1) is 15.2. The van der Waals surface area contributed by atoms with E-state index >= 15 is 0 Å². The van der Waals surface area contributed by atoms with E-state index in [0.29, 0.717) is 23.0 Å². The third-order valence-electron chi connectivity index (χ3n) is 6.97. The molecule has 0 radical (unpaired) electrons. The van der Waals surface area contributed by atoms with Crippen molar-refractivity contribution in [2.45, 2.75) is 63.3 Å². The van der Waals surface area contributed by atoms with E-state index in [1.54, 1.807) is 6.07 Å². The monoisotopic (exact) mass is 344 g/mol. The summed E-state index contributed by atoms with van der Waals surface area (Å²) in [5.74, 6) is 3.92. The van der Waals surface area contributed by atoms with Gasteiger partial charge in [0.05, 0.1) is 11.3 Å². The molecule has 1 aromatic heterocycles. The zero-order chi connectivity index (χ0) is 16.3. The molecule has 1 N–H and O–H groups in total. The summed E-state index contributed by atoms with van der Waals surface area (Å²) in [5.41, 5.74) is 1.67. The minimum absolute atomic E-state index is 0.0762. The van der Waals surface area contributed by atoms with Gasteiger partial charge in [0, 0.05) is 12.0 Å². The first-order valence-corrected chi connectivity index (χ1v) is 10.0. The van der Waals surface area contributed by atoms with Gasteiger partial charge in [0.15, 0.2) is 0 Å². The molecule has 4 aliphatic rings. The zero-order valence-electron chi connectivity index (χ0n) is 14.0. The summed E-state index contributed by atoms with van der Waals surface area (Å²) in [6.07, 6.45) is 10.3. The third kappa shape index (κ3) is 2.65. The highest BCUT2D eigenvalue weighted by molar-refractivity contribution is 6.29. The van der Waals surface area contributed by atoms with Crippen molar-refractivity contribution in [2.75, 3.05) is 0 Å². The van der Waals surface area contributed by atoms with Crippen molar-refractivity contribution in [1.29, 1.82) is 0 Å². The summed E-state index contributed by atoms with van der Waals surface area (Å²) >= 11 is 6.06. The van der Waals surface area contributed by atoms with Gasteiger partial charge < -0.3 is 5.32 Å². The minimum Gasteiger partial charge on any atom is -0.349 e. The molecule has 3 bridgehead atoms. The molecule has 24 heavy (non-hydrogen) atoms. The van der Waals surface area contributed by atoms with Crippen LogP contribution in [0.2, 0.25) is 5.15 Å². The first-order valence-electron chi connectivity index (χ1n) is 9.64. The molecular weight excluding hydrogens is 320 g/mol. The van der Waals surface area contributed by atoms with Crippen molar-refractivity contribution in [3.05, 3.63) is 28.5 Å². The topological polar surface area (TPSA) is 42.0 Å². The van der Waals surface area contributed by atoms with Gasteiger partial charge in [-0.2, -0.15) is 0 Å². The number of amides is 1. The number of carbonyl (C=O) groups is 1. The van der Waals surface area contributed by atoms with Crippen LogP contribution in [0.15, 0.2) is 12.1 Å². The van der Waals surface area contributed by atoms with Crippen molar-refractivity contribution in [3.63, 3.8) is 0 Å². The molecule has 1 amide bonds. The Morgan fingerprint density at radius 2 is 1.88 bits per heavy atom. The van der Waals surface area contributed by atoms with E-state index in [-0.39, 0.29) is 5.91 Å². The van der Waals surface area contributed by atoms with E-state index in [4.69, 9.17) is 11.6 Å². The third-order valence-corrected chi connectivity index (χ3v) is 7.18. The molecule has 1 heterocycles. The normalized spacial score (nSPS) is 37.3. The average Bonchev–Trinajstić information content (AvgIpc) is 3.36. The lowest BCUT2D eigenvalue weighted by atomic mass is 9.80. The number of nitrogens with one attached hydrogen (secondary N) is 1. The summed E-state index contributed by atoms with van der Waals surface area (Å²) in [5, 5.41) is 3.91. The lowest BCUT2D eigenvalue weighted by molar-refractivity contribution is 0.0911. The van der Waals surface area contributed by atoms with Gasteiger partial charge in [0.1, 0.15) is 5.15 Å². The first-order chi connectivity index (χ1) is 11.7. The van der Waals surface area contributed by atoms with Crippen LogP contribution in [0.4, 0.5) is 0 Å². The number of rotatable bonds is 3. The van der Waals surface area contributed by atoms with Gasteiger partial charge in [0.2, 0.25) is 0 Å². The highest BCUT2D eigenvalue weighted by Crippen LogP contribution is 2.53. The largest absolute Gasteiger partial charge is 0.349 e. The van der Waals surface area contributed by atoms with Crippen LogP contribution in [0.3, 0.4) is 0 Å². The van der Waals surface area contributed by atoms with Gasteiger partial charge in [-0.25, -0.2) is 4.98 Å². The summed E-state index contributed by atoms with van der Waals surface area (Å²) in [6.45, 7) is 0. The highest BCUT2D eigenvalue weighted by atomic mass is 35.5. The van der Waals surface area contributed by atoms with Gasteiger partial charge in [-0.15, -0.1) is 0 Å². The summed E-state index contributed by atoms with van der Waals surface area (Å²) in [4.78, 5) is 17.4. The number of fused-ring (bicyclic) bond motifs is 2. The van der Waals surface area contributed by atoms with Crippen LogP contribution in [-0.4, -0.2) is 16.9 Å². The summed E-state index contributed by atoms with van der Waals surface area (Å²) in [7, 11) is 0. The second-order valence-corrected chi connectivity index (χ2v) is 8.98. The maximum atomic E-state index is 13.0. The van der Waals surface area contributed by atoms with Crippen molar-refractivity contribution >= 4 is 17.5 Å². The molecule has 5 unspecified atom stereocenters. The van der Waals surface area contributed by atoms with Crippen LogP contribution < -0.4 is 5.32 Å². The van der Waals surface area contributed by atoms with Crippen LogP contribution >= 0.6 is 11.6 Å². The van der Waals surface area contributed by atoms with Crippen LogP contribution in [0.1, 0.15) is 73.3 Å². The van der Waals surface area contributed by atoms with Crippen LogP contribution in [0.5, 0.6) is 0 Å². The highest BCUT2D eigenvalue weighted by Gasteiger charge is 2.46. The molecule has 0 saturated heterocycles. The molecule has 4 saturated carbocycles. The Morgan fingerprint density at radius 3 is 2.71 bits per heavy atom. The Labute approximate surface area is 148 Å². The fourth-order valence-electron chi connectivity index (χ4n) is 5.83. The molecule has 0 aliphatic heterocycles. The van der Waals surface area contributed by atoms with Crippen molar-refractivity contribution in [1.82, 2.24) is 10.3 Å².